The Balaban J connectivity index is 1.62. The Morgan fingerprint density at radius 1 is 1.06 bits per heavy atom. The predicted molar refractivity (Wildman–Crippen MR) is 136 cm³/mol. The van der Waals surface area contributed by atoms with Crippen molar-refractivity contribution in [1.82, 2.24) is 9.88 Å². The van der Waals surface area contributed by atoms with Gasteiger partial charge in [-0.15, -0.1) is 0 Å². The molecule has 0 aliphatic carbocycles. The molecule has 184 valence electrons. The Kier molecular flexibility index (Phi) is 6.46. The van der Waals surface area contributed by atoms with E-state index in [1.54, 1.807) is 48.7 Å². The van der Waals surface area contributed by atoms with Crippen molar-refractivity contribution in [3.05, 3.63) is 99.7 Å². The smallest absolute Gasteiger partial charge is 0.291 e. The number of para-hydroxylation sites is 1. The third-order valence-corrected chi connectivity index (χ3v) is 6.41. The van der Waals surface area contributed by atoms with E-state index in [9.17, 15) is 9.59 Å². The van der Waals surface area contributed by atoms with E-state index in [0.29, 0.717) is 40.6 Å². The Labute approximate surface area is 209 Å². The van der Waals surface area contributed by atoms with Gasteiger partial charge in [-0.2, -0.15) is 0 Å². The predicted octanol–water partition coefficient (Wildman–Crippen LogP) is 5.37. The van der Waals surface area contributed by atoms with E-state index in [2.05, 4.69) is 18.8 Å². The van der Waals surface area contributed by atoms with Gasteiger partial charge in [-0.3, -0.25) is 14.6 Å². The zero-order chi connectivity index (χ0) is 25.2. The molecule has 2 aromatic carbocycles. The number of fused-ring (bicyclic) bond motifs is 2. The summed E-state index contributed by atoms with van der Waals surface area (Å²) in [6.07, 6.45) is 4.32. The van der Waals surface area contributed by atoms with Gasteiger partial charge < -0.3 is 18.8 Å². The molecule has 0 fully saturated rings. The normalized spacial score (nSPS) is 14.9. The number of rotatable bonds is 8. The SMILES string of the molecule is COc1cc(C2c3c(oc4ccccc4c3=O)C(=O)N2Cc2cccnc2)ccc1OCCC(C)C. The van der Waals surface area contributed by atoms with Crippen LogP contribution in [0.1, 0.15) is 53.6 Å². The van der Waals surface area contributed by atoms with Gasteiger partial charge >= 0.3 is 0 Å². The lowest BCUT2D eigenvalue weighted by Gasteiger charge is -2.26. The van der Waals surface area contributed by atoms with Crippen LogP contribution in [0.3, 0.4) is 0 Å². The van der Waals surface area contributed by atoms with E-state index in [0.717, 1.165) is 17.5 Å². The summed E-state index contributed by atoms with van der Waals surface area (Å²) in [5, 5.41) is 0.442. The number of nitrogens with zero attached hydrogens (tertiary/aromatic N) is 2. The van der Waals surface area contributed by atoms with Crippen LogP contribution in [-0.2, 0) is 6.54 Å². The van der Waals surface area contributed by atoms with Gasteiger partial charge in [0.2, 0.25) is 5.76 Å². The highest BCUT2D eigenvalue weighted by Gasteiger charge is 2.43. The number of methoxy groups -OCH3 is 1. The molecule has 4 aromatic rings. The summed E-state index contributed by atoms with van der Waals surface area (Å²) < 4.78 is 17.6. The van der Waals surface area contributed by atoms with Crippen LogP contribution in [0, 0.1) is 5.92 Å². The molecule has 1 aliphatic heterocycles. The number of amides is 1. The number of hydrogen-bond donors (Lipinski definition) is 0. The Bertz CT molecular complexity index is 1460. The maximum absolute atomic E-state index is 13.7. The van der Waals surface area contributed by atoms with Gasteiger partial charge in [0, 0.05) is 18.9 Å². The summed E-state index contributed by atoms with van der Waals surface area (Å²) in [6, 6.07) is 15.6. The zero-order valence-corrected chi connectivity index (χ0v) is 20.6. The van der Waals surface area contributed by atoms with E-state index in [-0.39, 0.29) is 23.6 Å². The third-order valence-electron chi connectivity index (χ3n) is 6.41. The minimum Gasteiger partial charge on any atom is -0.493 e. The number of hydrogen-bond acceptors (Lipinski definition) is 6. The van der Waals surface area contributed by atoms with Crippen LogP contribution in [0.15, 0.2) is 76.2 Å². The zero-order valence-electron chi connectivity index (χ0n) is 20.6. The fraction of sp³-hybridized carbons (Fsp3) is 0.276. The molecule has 3 heterocycles. The second-order valence-electron chi connectivity index (χ2n) is 9.31. The van der Waals surface area contributed by atoms with Gasteiger partial charge in [0.05, 0.1) is 30.7 Å². The largest absolute Gasteiger partial charge is 0.493 e. The molecule has 1 aliphatic rings. The second-order valence-corrected chi connectivity index (χ2v) is 9.31. The first-order valence-corrected chi connectivity index (χ1v) is 12.0. The van der Waals surface area contributed by atoms with E-state index in [1.165, 1.54) is 0 Å². The van der Waals surface area contributed by atoms with Crippen LogP contribution in [0.4, 0.5) is 0 Å². The minimum absolute atomic E-state index is 0.0730. The molecule has 0 saturated heterocycles. The van der Waals surface area contributed by atoms with Crippen molar-refractivity contribution < 1.29 is 18.7 Å². The number of aromatic nitrogens is 1. The molecule has 1 amide bonds. The van der Waals surface area contributed by atoms with Crippen molar-refractivity contribution in [3.63, 3.8) is 0 Å². The molecular weight excluding hydrogens is 456 g/mol. The van der Waals surface area contributed by atoms with Gasteiger partial charge in [0.25, 0.3) is 5.91 Å². The average molecular weight is 485 g/mol. The molecule has 0 radical (unpaired) electrons. The summed E-state index contributed by atoms with van der Waals surface area (Å²) in [7, 11) is 1.58. The standard InChI is InChI=1S/C29H28N2O5/c1-18(2)12-14-35-23-11-10-20(15-24(23)34-3)26-25-27(32)21-8-4-5-9-22(21)36-28(25)29(33)31(26)17-19-7-6-13-30-16-19/h4-11,13,15-16,18,26H,12,14,17H2,1-3H3. The maximum Gasteiger partial charge on any atom is 0.291 e. The van der Waals surface area contributed by atoms with Crippen LogP contribution in [0.2, 0.25) is 0 Å². The molecule has 0 N–H and O–H groups in total. The van der Waals surface area contributed by atoms with Crippen LogP contribution < -0.4 is 14.9 Å². The van der Waals surface area contributed by atoms with Crippen LogP contribution >= 0.6 is 0 Å². The second kappa shape index (κ2) is 9.85. The lowest BCUT2D eigenvalue weighted by atomic mass is 9.98. The molecule has 7 nitrogen and oxygen atoms in total. The molecule has 5 rings (SSSR count). The maximum atomic E-state index is 13.7. The van der Waals surface area contributed by atoms with Crippen molar-refractivity contribution in [3.8, 4) is 11.5 Å². The Morgan fingerprint density at radius 2 is 1.89 bits per heavy atom. The van der Waals surface area contributed by atoms with E-state index in [4.69, 9.17) is 13.9 Å². The average Bonchev–Trinajstić information content (AvgIpc) is 3.16. The fourth-order valence-corrected chi connectivity index (χ4v) is 4.54. The van der Waals surface area contributed by atoms with E-state index < -0.39 is 6.04 Å². The quantitative estimate of drug-likeness (QED) is 0.335. The van der Waals surface area contributed by atoms with Crippen LogP contribution in [-0.4, -0.2) is 29.5 Å². The molecule has 7 heteroatoms. The lowest BCUT2D eigenvalue weighted by Crippen LogP contribution is -2.29. The highest BCUT2D eigenvalue weighted by molar-refractivity contribution is 5.99. The summed E-state index contributed by atoms with van der Waals surface area (Å²) in [5.41, 5.74) is 2.10. The number of benzene rings is 2. The van der Waals surface area contributed by atoms with E-state index in [1.807, 2.05) is 30.3 Å². The number of ether oxygens (including phenoxy) is 2. The number of pyridine rings is 1. The fourth-order valence-electron chi connectivity index (χ4n) is 4.54. The van der Waals surface area contributed by atoms with Gasteiger partial charge in [-0.25, -0.2) is 0 Å². The first kappa shape index (κ1) is 23.6. The molecule has 36 heavy (non-hydrogen) atoms. The van der Waals surface area contributed by atoms with Crippen LogP contribution in [0.25, 0.3) is 11.0 Å². The summed E-state index contributed by atoms with van der Waals surface area (Å²) in [4.78, 5) is 33.1. The summed E-state index contributed by atoms with van der Waals surface area (Å²) in [6.45, 7) is 5.13. The third kappa shape index (κ3) is 4.33. The first-order valence-electron chi connectivity index (χ1n) is 12.0. The highest BCUT2D eigenvalue weighted by atomic mass is 16.5. The van der Waals surface area contributed by atoms with Gasteiger partial charge in [0.1, 0.15) is 5.58 Å². The molecule has 1 unspecified atom stereocenters. The van der Waals surface area contributed by atoms with Gasteiger partial charge in [-0.1, -0.05) is 38.1 Å². The molecule has 2 aromatic heterocycles. The Hall–Kier alpha value is -4.13. The van der Waals surface area contributed by atoms with Crippen molar-refractivity contribution in [1.29, 1.82) is 0 Å². The number of carbonyl (C=O) groups is 1. The minimum atomic E-state index is -0.646. The molecule has 1 atom stereocenters. The molecular formula is C29H28N2O5. The van der Waals surface area contributed by atoms with E-state index >= 15 is 0 Å². The number of carbonyl (C=O) groups excluding carboxylic acids is 1. The molecule has 0 saturated carbocycles. The highest BCUT2D eigenvalue weighted by Crippen LogP contribution is 2.41. The van der Waals surface area contributed by atoms with Gasteiger partial charge in [-0.05, 0) is 53.8 Å². The topological polar surface area (TPSA) is 81.9 Å². The molecule has 0 bridgehead atoms. The Morgan fingerprint density at radius 3 is 2.64 bits per heavy atom. The van der Waals surface area contributed by atoms with Crippen LogP contribution in [0.5, 0.6) is 11.5 Å². The summed E-state index contributed by atoms with van der Waals surface area (Å²) >= 11 is 0. The van der Waals surface area contributed by atoms with Crippen molar-refractivity contribution in [2.75, 3.05) is 13.7 Å². The summed E-state index contributed by atoms with van der Waals surface area (Å²) in [5.74, 6) is 1.42. The monoisotopic (exact) mass is 484 g/mol. The molecule has 0 spiro atoms. The van der Waals surface area contributed by atoms with Crippen molar-refractivity contribution in [2.45, 2.75) is 32.9 Å². The lowest BCUT2D eigenvalue weighted by molar-refractivity contribution is 0.0714. The van der Waals surface area contributed by atoms with Crippen molar-refractivity contribution in [2.24, 2.45) is 5.92 Å². The van der Waals surface area contributed by atoms with Gasteiger partial charge in [0.15, 0.2) is 16.9 Å². The first-order chi connectivity index (χ1) is 17.5. The van der Waals surface area contributed by atoms with Crippen molar-refractivity contribution >= 4 is 16.9 Å².